The first-order chi connectivity index (χ1) is 24.2. The maximum atomic E-state index is 13.2. The summed E-state index contributed by atoms with van der Waals surface area (Å²) in [5.74, 6) is -0.834. The Hall–Kier alpha value is -4.85. The van der Waals surface area contributed by atoms with Crippen molar-refractivity contribution in [2.24, 2.45) is 0 Å². The molecule has 2 aromatic carbocycles. The molecule has 0 saturated carbocycles. The van der Waals surface area contributed by atoms with Crippen LogP contribution in [0.3, 0.4) is 0 Å². The minimum absolute atomic E-state index is 0.0486. The summed E-state index contributed by atoms with van der Waals surface area (Å²) < 4.78 is 6.98. The number of hydrogen-bond acceptors (Lipinski definition) is 9. The number of fused-ring (bicyclic) bond motifs is 1. The number of carbonyl (C=O) groups excluding carboxylic acids is 1. The van der Waals surface area contributed by atoms with Crippen LogP contribution in [0, 0.1) is 0 Å². The highest BCUT2D eigenvalue weighted by atomic mass is 35.5. The van der Waals surface area contributed by atoms with Crippen LogP contribution < -0.4 is 26.2 Å². The number of halogens is 2. The van der Waals surface area contributed by atoms with Crippen LogP contribution in [0.4, 0.5) is 0 Å². The molecule has 14 heteroatoms. The predicted molar refractivity (Wildman–Crippen MR) is 190 cm³/mol. The Labute approximate surface area is 297 Å². The average Bonchev–Trinajstić information content (AvgIpc) is 3.54. The van der Waals surface area contributed by atoms with E-state index in [1.54, 1.807) is 24.5 Å². The Kier molecular flexibility index (Phi) is 10.8. The molecule has 0 spiro atoms. The molecule has 6 rings (SSSR count). The number of carboxylic acids is 1. The summed E-state index contributed by atoms with van der Waals surface area (Å²) in [7, 11) is 1.47. The molecule has 2 atom stereocenters. The lowest BCUT2D eigenvalue weighted by molar-refractivity contribution is -0.140. The molecule has 1 saturated heterocycles. The number of ether oxygens (including phenoxy) is 1. The summed E-state index contributed by atoms with van der Waals surface area (Å²) in [5, 5.41) is 28.3. The Morgan fingerprint density at radius 1 is 1.02 bits per heavy atom. The fourth-order valence-electron chi connectivity index (χ4n) is 5.91. The zero-order chi connectivity index (χ0) is 35.4. The molecule has 258 valence electrons. The van der Waals surface area contributed by atoms with Crippen molar-refractivity contribution >= 4 is 40.7 Å². The Morgan fingerprint density at radius 2 is 1.74 bits per heavy atom. The van der Waals surface area contributed by atoms with E-state index in [1.807, 2.05) is 48.5 Å². The van der Waals surface area contributed by atoms with Gasteiger partial charge in [0.15, 0.2) is 0 Å². The van der Waals surface area contributed by atoms with E-state index < -0.39 is 18.6 Å². The van der Waals surface area contributed by atoms with Gasteiger partial charge in [-0.2, -0.15) is 0 Å². The van der Waals surface area contributed by atoms with E-state index in [2.05, 4.69) is 25.9 Å². The zero-order valence-corrected chi connectivity index (χ0v) is 28.5. The van der Waals surface area contributed by atoms with Crippen molar-refractivity contribution in [1.29, 1.82) is 0 Å². The number of rotatable bonds is 13. The minimum Gasteiger partial charge on any atom is -0.481 e. The quantitative estimate of drug-likeness (QED) is 0.119. The topological polar surface area (TPSA) is 167 Å². The van der Waals surface area contributed by atoms with E-state index in [0.717, 1.165) is 17.5 Å². The first kappa shape index (κ1) is 35.0. The Morgan fingerprint density at radius 3 is 2.42 bits per heavy atom. The van der Waals surface area contributed by atoms with Gasteiger partial charge in [-0.15, -0.1) is 0 Å². The number of methoxy groups -OCH3 is 1. The van der Waals surface area contributed by atoms with E-state index in [1.165, 1.54) is 11.5 Å². The summed E-state index contributed by atoms with van der Waals surface area (Å²) in [4.78, 5) is 45.1. The van der Waals surface area contributed by atoms with E-state index >= 15 is 0 Å². The number of amides is 1. The second-order valence-corrected chi connectivity index (χ2v) is 12.6. The Balaban J connectivity index is 1.25. The van der Waals surface area contributed by atoms with Gasteiger partial charge >= 0.3 is 5.97 Å². The zero-order valence-electron chi connectivity index (χ0n) is 27.0. The van der Waals surface area contributed by atoms with Gasteiger partial charge in [-0.05, 0) is 30.2 Å². The SMILES string of the molecule is COc1nc(-c2cccc(-c3cccc(-c4ccn5c(=O)c(CNC[C@@H]6CCC(=O)N6)cnc5c4)c3Cl)c2Cl)ccc1CNC(CO)C(=O)O. The van der Waals surface area contributed by atoms with Crippen molar-refractivity contribution in [1.82, 2.24) is 30.3 Å². The molecule has 5 aromatic rings. The van der Waals surface area contributed by atoms with Gasteiger partial charge in [0.1, 0.15) is 11.7 Å². The molecule has 4 heterocycles. The van der Waals surface area contributed by atoms with Crippen LogP contribution >= 0.6 is 23.2 Å². The molecule has 1 aliphatic rings. The van der Waals surface area contributed by atoms with Gasteiger partial charge in [-0.1, -0.05) is 65.7 Å². The van der Waals surface area contributed by atoms with Gasteiger partial charge in [-0.25, -0.2) is 9.97 Å². The van der Waals surface area contributed by atoms with Gasteiger partial charge in [0.25, 0.3) is 5.56 Å². The molecule has 0 bridgehead atoms. The highest BCUT2D eigenvalue weighted by molar-refractivity contribution is 6.39. The molecule has 1 aliphatic heterocycles. The smallest absolute Gasteiger partial charge is 0.323 e. The van der Waals surface area contributed by atoms with Crippen molar-refractivity contribution < 1.29 is 24.5 Å². The van der Waals surface area contributed by atoms with Crippen LogP contribution in [0.2, 0.25) is 10.0 Å². The summed E-state index contributed by atoms with van der Waals surface area (Å²) in [6.07, 6.45) is 4.55. The molecule has 0 aliphatic carbocycles. The summed E-state index contributed by atoms with van der Waals surface area (Å²) in [6.45, 7) is 0.463. The molecule has 3 aromatic heterocycles. The largest absolute Gasteiger partial charge is 0.481 e. The average molecular weight is 718 g/mol. The summed E-state index contributed by atoms with van der Waals surface area (Å²) in [5.41, 5.74) is 5.44. The van der Waals surface area contributed by atoms with E-state index in [9.17, 15) is 24.6 Å². The van der Waals surface area contributed by atoms with Crippen LogP contribution in [0.5, 0.6) is 5.88 Å². The van der Waals surface area contributed by atoms with Crippen LogP contribution in [0.25, 0.3) is 39.2 Å². The van der Waals surface area contributed by atoms with E-state index in [-0.39, 0.29) is 29.9 Å². The first-order valence-electron chi connectivity index (χ1n) is 15.9. The number of hydrogen-bond donors (Lipinski definition) is 5. The number of aliphatic hydroxyl groups excluding tert-OH is 1. The molecular weight excluding hydrogens is 683 g/mol. The number of carboxylic acid groups (broad SMARTS) is 1. The number of nitrogens with zero attached hydrogens (tertiary/aromatic N) is 3. The van der Waals surface area contributed by atoms with E-state index in [4.69, 9.17) is 27.9 Å². The van der Waals surface area contributed by atoms with Crippen LogP contribution in [0.15, 0.2) is 77.9 Å². The molecule has 1 fully saturated rings. The number of benzene rings is 2. The van der Waals surface area contributed by atoms with Gasteiger partial charge in [-0.3, -0.25) is 24.1 Å². The van der Waals surface area contributed by atoms with Gasteiger partial charge in [0.2, 0.25) is 11.8 Å². The number of carbonyl (C=O) groups is 2. The maximum absolute atomic E-state index is 13.2. The highest BCUT2D eigenvalue weighted by Gasteiger charge is 2.21. The maximum Gasteiger partial charge on any atom is 0.323 e. The second kappa shape index (κ2) is 15.4. The lowest BCUT2D eigenvalue weighted by Gasteiger charge is -2.16. The van der Waals surface area contributed by atoms with Gasteiger partial charge in [0.05, 0.1) is 29.5 Å². The minimum atomic E-state index is -1.17. The van der Waals surface area contributed by atoms with Crippen molar-refractivity contribution in [3.8, 4) is 39.4 Å². The van der Waals surface area contributed by atoms with Crippen molar-refractivity contribution in [3.05, 3.63) is 105 Å². The van der Waals surface area contributed by atoms with Crippen LogP contribution in [-0.4, -0.2) is 68.8 Å². The monoisotopic (exact) mass is 716 g/mol. The van der Waals surface area contributed by atoms with Crippen molar-refractivity contribution in [2.75, 3.05) is 20.3 Å². The molecule has 0 radical (unpaired) electrons. The standard InChI is InChI=1S/C36H34Cl2N6O6/c1-50-34-21(16-40-29(19-45)36(48)49)8-10-28(43-34)27-7-3-6-26(33(27)38)25-5-2-4-24(32(25)37)20-12-13-44-30(14-20)41-17-22(35(44)47)15-39-18-23-9-11-31(46)42-23/h2-8,10,12-14,17,23,29,39-40,45H,9,11,15-16,18-19H2,1H3,(H,42,46)(H,48,49)/t23-,29?/m0/s1. The van der Waals surface area contributed by atoms with Crippen molar-refractivity contribution in [3.63, 3.8) is 0 Å². The number of aliphatic hydroxyl groups is 1. The molecule has 1 amide bonds. The van der Waals surface area contributed by atoms with Crippen LogP contribution in [-0.2, 0) is 22.7 Å². The summed E-state index contributed by atoms with van der Waals surface area (Å²) >= 11 is 14.1. The van der Waals surface area contributed by atoms with Gasteiger partial charge in [0, 0.05) is 77.9 Å². The number of nitrogens with one attached hydrogen (secondary N) is 3. The Bertz CT molecular complexity index is 2140. The highest BCUT2D eigenvalue weighted by Crippen LogP contribution is 2.42. The third-order valence-corrected chi connectivity index (χ3v) is 9.41. The fraction of sp³-hybridized carbons (Fsp3) is 0.250. The fourth-order valence-corrected chi connectivity index (χ4v) is 6.57. The molecule has 12 nitrogen and oxygen atoms in total. The van der Waals surface area contributed by atoms with Crippen LogP contribution in [0.1, 0.15) is 24.0 Å². The molecular formula is C36H34Cl2N6O6. The second-order valence-electron chi connectivity index (χ2n) is 11.8. The lowest BCUT2D eigenvalue weighted by Crippen LogP contribution is -2.39. The number of pyridine rings is 2. The van der Waals surface area contributed by atoms with Gasteiger partial charge < -0.3 is 25.6 Å². The number of aliphatic carboxylic acids is 1. The molecule has 1 unspecified atom stereocenters. The number of aromatic nitrogens is 3. The van der Waals surface area contributed by atoms with Crippen molar-refractivity contribution in [2.45, 2.75) is 38.0 Å². The third-order valence-electron chi connectivity index (χ3n) is 8.60. The van der Waals surface area contributed by atoms with E-state index in [0.29, 0.717) is 68.7 Å². The predicted octanol–water partition coefficient (Wildman–Crippen LogP) is 4.31. The third kappa shape index (κ3) is 7.35. The summed E-state index contributed by atoms with van der Waals surface area (Å²) in [6, 6.07) is 17.3. The normalized spacial score (nSPS) is 14.9. The first-order valence-corrected chi connectivity index (χ1v) is 16.6. The molecule has 5 N–H and O–H groups in total. The molecule has 50 heavy (non-hydrogen) atoms. The lowest BCUT2D eigenvalue weighted by atomic mass is 9.97.